The van der Waals surface area contributed by atoms with Gasteiger partial charge < -0.3 is 14.6 Å². The summed E-state index contributed by atoms with van der Waals surface area (Å²) >= 11 is 1.58. The minimum atomic E-state index is -4.01. The molecule has 1 saturated heterocycles. The Labute approximate surface area is 199 Å². The maximum Gasteiger partial charge on any atom is 0.341 e. The van der Waals surface area contributed by atoms with E-state index in [0.29, 0.717) is 36.5 Å². The second-order valence-electron chi connectivity index (χ2n) is 8.08. The SMILES string of the molecule is CCOC(=O)c1c(S(=O)(=O)N2CCC[C@H](C(=O)Nc3cccc(SC)c3)C2)c(C)n(C)c1C. The number of thioether (sulfide) groups is 1. The summed E-state index contributed by atoms with van der Waals surface area (Å²) in [5.41, 5.74) is 1.75. The average molecular weight is 494 g/mol. The van der Waals surface area contributed by atoms with Crippen molar-refractivity contribution in [3.63, 3.8) is 0 Å². The Balaban J connectivity index is 1.87. The van der Waals surface area contributed by atoms with Crippen molar-refractivity contribution in [2.45, 2.75) is 43.4 Å². The number of esters is 1. The summed E-state index contributed by atoms with van der Waals surface area (Å²) in [6, 6.07) is 7.54. The van der Waals surface area contributed by atoms with Gasteiger partial charge in [0.1, 0.15) is 10.5 Å². The first-order chi connectivity index (χ1) is 15.6. The summed E-state index contributed by atoms with van der Waals surface area (Å²) in [7, 11) is -2.29. The molecule has 0 aliphatic carbocycles. The Morgan fingerprint density at radius 3 is 2.64 bits per heavy atom. The van der Waals surface area contributed by atoms with Gasteiger partial charge in [0.25, 0.3) is 0 Å². The molecule has 1 fully saturated rings. The average Bonchev–Trinajstić information content (AvgIpc) is 3.04. The van der Waals surface area contributed by atoms with Gasteiger partial charge in [-0.2, -0.15) is 4.31 Å². The highest BCUT2D eigenvalue weighted by Gasteiger charge is 2.39. The molecule has 1 amide bonds. The summed E-state index contributed by atoms with van der Waals surface area (Å²) in [5.74, 6) is -1.35. The first kappa shape index (κ1) is 25.3. The molecule has 1 aromatic heterocycles. The summed E-state index contributed by atoms with van der Waals surface area (Å²) in [6.07, 6.45) is 3.11. The number of sulfonamides is 1. The molecule has 2 heterocycles. The van der Waals surface area contributed by atoms with Crippen LogP contribution in [-0.2, 0) is 26.6 Å². The van der Waals surface area contributed by atoms with Crippen LogP contribution in [0.15, 0.2) is 34.1 Å². The third kappa shape index (κ3) is 5.12. The minimum absolute atomic E-state index is 0.0327. The second-order valence-corrected chi connectivity index (χ2v) is 10.8. The molecule has 1 aliphatic rings. The van der Waals surface area contributed by atoms with Crippen molar-refractivity contribution < 1.29 is 22.7 Å². The van der Waals surface area contributed by atoms with Crippen molar-refractivity contribution in [3.05, 3.63) is 41.2 Å². The van der Waals surface area contributed by atoms with E-state index in [1.807, 2.05) is 30.5 Å². The van der Waals surface area contributed by atoms with Crippen LogP contribution in [0.2, 0.25) is 0 Å². The van der Waals surface area contributed by atoms with Crippen LogP contribution in [0.1, 0.15) is 41.5 Å². The van der Waals surface area contributed by atoms with E-state index in [9.17, 15) is 18.0 Å². The minimum Gasteiger partial charge on any atom is -0.462 e. The number of aromatic nitrogens is 1. The van der Waals surface area contributed by atoms with E-state index in [-0.39, 0.29) is 29.5 Å². The van der Waals surface area contributed by atoms with E-state index in [1.54, 1.807) is 44.1 Å². The van der Waals surface area contributed by atoms with Crippen LogP contribution >= 0.6 is 11.8 Å². The molecule has 1 atom stereocenters. The summed E-state index contributed by atoms with van der Waals surface area (Å²) in [6.45, 7) is 5.56. The molecule has 0 unspecified atom stereocenters. The van der Waals surface area contributed by atoms with E-state index >= 15 is 0 Å². The highest BCUT2D eigenvalue weighted by molar-refractivity contribution is 7.98. The molecule has 0 bridgehead atoms. The standard InChI is InChI=1S/C23H31N3O5S2/c1-6-31-23(28)20-15(2)25(4)16(3)21(20)33(29,30)26-12-8-9-17(14-26)22(27)24-18-10-7-11-19(13-18)32-5/h7,10-11,13,17H,6,8-9,12,14H2,1-5H3,(H,24,27)/t17-/m0/s1. The first-order valence-corrected chi connectivity index (χ1v) is 13.6. The van der Waals surface area contributed by atoms with Crippen molar-refractivity contribution in [2.24, 2.45) is 13.0 Å². The maximum atomic E-state index is 13.7. The van der Waals surface area contributed by atoms with Crippen molar-refractivity contribution in [1.82, 2.24) is 8.87 Å². The molecule has 1 aliphatic heterocycles. The van der Waals surface area contributed by atoms with E-state index in [0.717, 1.165) is 4.90 Å². The molecule has 2 aromatic rings. The fraction of sp³-hybridized carbons (Fsp3) is 0.478. The van der Waals surface area contributed by atoms with E-state index in [4.69, 9.17) is 4.74 Å². The van der Waals surface area contributed by atoms with Crippen molar-refractivity contribution in [3.8, 4) is 0 Å². The molecule has 3 rings (SSSR count). The molecule has 10 heteroatoms. The molecule has 33 heavy (non-hydrogen) atoms. The van der Waals surface area contributed by atoms with Crippen LogP contribution < -0.4 is 5.32 Å². The smallest absolute Gasteiger partial charge is 0.341 e. The van der Waals surface area contributed by atoms with Gasteiger partial charge in [0.2, 0.25) is 15.9 Å². The highest BCUT2D eigenvalue weighted by atomic mass is 32.2. The number of ether oxygens (including phenoxy) is 1. The fourth-order valence-electron chi connectivity index (χ4n) is 4.13. The predicted molar refractivity (Wildman–Crippen MR) is 129 cm³/mol. The van der Waals surface area contributed by atoms with Gasteiger partial charge in [-0.3, -0.25) is 4.79 Å². The zero-order valence-electron chi connectivity index (χ0n) is 19.7. The quantitative estimate of drug-likeness (QED) is 0.468. The zero-order chi connectivity index (χ0) is 24.3. The summed E-state index contributed by atoms with van der Waals surface area (Å²) < 4.78 is 35.5. The number of benzene rings is 1. The number of piperidine rings is 1. The molecule has 0 spiro atoms. The number of amides is 1. The van der Waals surface area contributed by atoms with Crippen molar-refractivity contribution >= 4 is 39.3 Å². The molecular formula is C23H31N3O5S2. The van der Waals surface area contributed by atoms with Crippen LogP contribution in [0.3, 0.4) is 0 Å². The molecule has 1 aromatic carbocycles. The molecule has 8 nitrogen and oxygen atoms in total. The number of carbonyl (C=O) groups excluding carboxylic acids is 2. The van der Waals surface area contributed by atoms with Gasteiger partial charge in [-0.05, 0) is 58.1 Å². The lowest BCUT2D eigenvalue weighted by Crippen LogP contribution is -2.44. The lowest BCUT2D eigenvalue weighted by Gasteiger charge is -2.31. The van der Waals surface area contributed by atoms with Crippen LogP contribution in [0.5, 0.6) is 0 Å². The Bertz CT molecular complexity index is 1160. The lowest BCUT2D eigenvalue weighted by molar-refractivity contribution is -0.120. The first-order valence-electron chi connectivity index (χ1n) is 10.9. The molecule has 0 radical (unpaired) electrons. The number of nitrogens with zero attached hydrogens (tertiary/aromatic N) is 2. The maximum absolute atomic E-state index is 13.7. The topological polar surface area (TPSA) is 97.7 Å². The van der Waals surface area contributed by atoms with Gasteiger partial charge in [0, 0.05) is 42.1 Å². The normalized spacial score (nSPS) is 17.1. The number of hydrogen-bond donors (Lipinski definition) is 1. The zero-order valence-corrected chi connectivity index (χ0v) is 21.3. The number of carbonyl (C=O) groups is 2. The predicted octanol–water partition coefficient (Wildman–Crippen LogP) is 3.58. The van der Waals surface area contributed by atoms with E-state index in [2.05, 4.69) is 5.32 Å². The van der Waals surface area contributed by atoms with Crippen molar-refractivity contribution in [1.29, 1.82) is 0 Å². The Hall–Kier alpha value is -2.30. The van der Waals surface area contributed by atoms with Gasteiger partial charge in [-0.25, -0.2) is 13.2 Å². The largest absolute Gasteiger partial charge is 0.462 e. The third-order valence-corrected chi connectivity index (χ3v) is 8.85. The van der Waals surface area contributed by atoms with Crippen LogP contribution in [0, 0.1) is 19.8 Å². The Morgan fingerprint density at radius 2 is 1.97 bits per heavy atom. The van der Waals surface area contributed by atoms with Crippen LogP contribution in [0.4, 0.5) is 5.69 Å². The number of rotatable bonds is 7. The summed E-state index contributed by atoms with van der Waals surface area (Å²) in [5, 5.41) is 2.92. The highest BCUT2D eigenvalue weighted by Crippen LogP contribution is 2.32. The number of nitrogens with one attached hydrogen (secondary N) is 1. The van der Waals surface area contributed by atoms with Crippen LogP contribution in [0.25, 0.3) is 0 Å². The van der Waals surface area contributed by atoms with Gasteiger partial charge in [0.05, 0.1) is 12.5 Å². The van der Waals surface area contributed by atoms with Crippen LogP contribution in [-0.4, -0.2) is 55.1 Å². The number of hydrogen-bond acceptors (Lipinski definition) is 6. The summed E-state index contributed by atoms with van der Waals surface area (Å²) in [4.78, 5) is 26.6. The Kier molecular flexibility index (Phi) is 7.92. The van der Waals surface area contributed by atoms with Gasteiger partial charge in [0.15, 0.2) is 0 Å². The fourth-order valence-corrected chi connectivity index (χ4v) is 6.59. The molecule has 180 valence electrons. The second kappa shape index (κ2) is 10.3. The lowest BCUT2D eigenvalue weighted by atomic mass is 9.99. The van der Waals surface area contributed by atoms with Gasteiger partial charge in [-0.1, -0.05) is 6.07 Å². The molecule has 1 N–H and O–H groups in total. The third-order valence-electron chi connectivity index (χ3n) is 6.09. The van der Waals surface area contributed by atoms with E-state index < -0.39 is 21.9 Å². The van der Waals surface area contributed by atoms with E-state index in [1.165, 1.54) is 4.31 Å². The number of anilines is 1. The monoisotopic (exact) mass is 493 g/mol. The molecular weight excluding hydrogens is 462 g/mol. The molecule has 0 saturated carbocycles. The van der Waals surface area contributed by atoms with Gasteiger partial charge >= 0.3 is 5.97 Å². The Morgan fingerprint density at radius 1 is 1.24 bits per heavy atom. The van der Waals surface area contributed by atoms with Gasteiger partial charge in [-0.15, -0.1) is 11.8 Å². The van der Waals surface area contributed by atoms with Crippen molar-refractivity contribution in [2.75, 3.05) is 31.3 Å².